The van der Waals surface area contributed by atoms with E-state index in [1.54, 1.807) is 19.2 Å². The largest absolute Gasteiger partial charge is 0.504 e. The molecule has 3 atom stereocenters. The predicted molar refractivity (Wildman–Crippen MR) is 142 cm³/mol. The summed E-state index contributed by atoms with van der Waals surface area (Å²) in [5, 5.41) is 10.2. The summed E-state index contributed by atoms with van der Waals surface area (Å²) in [6.45, 7) is 17.9. The van der Waals surface area contributed by atoms with Gasteiger partial charge < -0.3 is 19.0 Å². The fourth-order valence-corrected chi connectivity index (χ4v) is 4.94. The van der Waals surface area contributed by atoms with Crippen LogP contribution >= 0.6 is 0 Å². The standard InChI is InChI=1S/C28H44O4Si/c1-21(14-12-15-22(2)32-33(8,9)27(3,4)5)13-10-11-17-28(6)18-16-23-19-24(29)26(30-7)20-25(23)31-28/h10,12-13,15-16,18-22,29H,11,14,17H2,1-9H3/b13-10+,15-12+. The summed E-state index contributed by atoms with van der Waals surface area (Å²) in [5.41, 5.74) is 0.493. The third kappa shape index (κ3) is 7.78. The Labute approximate surface area is 202 Å². The Morgan fingerprint density at radius 3 is 2.48 bits per heavy atom. The molecule has 33 heavy (non-hydrogen) atoms. The molecule has 0 saturated carbocycles. The van der Waals surface area contributed by atoms with Crippen LogP contribution in [0.25, 0.3) is 6.08 Å². The molecule has 0 saturated heterocycles. The molecule has 1 aromatic carbocycles. The van der Waals surface area contributed by atoms with Gasteiger partial charge in [0, 0.05) is 11.6 Å². The quantitative estimate of drug-likeness (QED) is 0.278. The maximum absolute atomic E-state index is 9.96. The fraction of sp³-hybridized carbons (Fsp3) is 0.571. The molecule has 1 heterocycles. The van der Waals surface area contributed by atoms with Crippen molar-refractivity contribution in [1.82, 2.24) is 0 Å². The minimum Gasteiger partial charge on any atom is -0.504 e. The van der Waals surface area contributed by atoms with Crippen LogP contribution in [-0.2, 0) is 4.43 Å². The first-order valence-electron chi connectivity index (χ1n) is 12.1. The molecule has 1 N–H and O–H groups in total. The van der Waals surface area contributed by atoms with Gasteiger partial charge in [-0.05, 0) is 69.3 Å². The van der Waals surface area contributed by atoms with Gasteiger partial charge in [0.15, 0.2) is 19.8 Å². The Morgan fingerprint density at radius 2 is 1.85 bits per heavy atom. The number of benzene rings is 1. The topological polar surface area (TPSA) is 47.9 Å². The lowest BCUT2D eigenvalue weighted by Crippen LogP contribution is -2.42. The van der Waals surface area contributed by atoms with E-state index in [4.69, 9.17) is 13.9 Å². The maximum atomic E-state index is 9.96. The lowest BCUT2D eigenvalue weighted by atomic mass is 9.94. The van der Waals surface area contributed by atoms with Gasteiger partial charge in [-0.15, -0.1) is 0 Å². The minimum atomic E-state index is -1.73. The number of hydrogen-bond donors (Lipinski definition) is 1. The number of rotatable bonds is 10. The molecule has 0 aromatic heterocycles. The summed E-state index contributed by atoms with van der Waals surface area (Å²) in [6.07, 6.45) is 16.1. The molecule has 5 heteroatoms. The Morgan fingerprint density at radius 1 is 1.15 bits per heavy atom. The van der Waals surface area contributed by atoms with Crippen LogP contribution < -0.4 is 9.47 Å². The van der Waals surface area contributed by atoms with Crippen LogP contribution in [0.3, 0.4) is 0 Å². The summed E-state index contributed by atoms with van der Waals surface area (Å²) < 4.78 is 17.9. The summed E-state index contributed by atoms with van der Waals surface area (Å²) in [5.74, 6) is 1.77. The molecule has 0 bridgehead atoms. The molecule has 1 aliphatic rings. The zero-order chi connectivity index (χ0) is 24.9. The first kappa shape index (κ1) is 27.3. The van der Waals surface area contributed by atoms with E-state index in [1.807, 2.05) is 6.08 Å². The first-order valence-corrected chi connectivity index (χ1v) is 15.0. The summed E-state index contributed by atoms with van der Waals surface area (Å²) in [6, 6.07) is 3.43. The number of phenolic OH excluding ortho intramolecular Hbond substituents is 1. The van der Waals surface area contributed by atoms with Gasteiger partial charge in [0.25, 0.3) is 0 Å². The monoisotopic (exact) mass is 472 g/mol. The van der Waals surface area contributed by atoms with Crippen molar-refractivity contribution in [2.45, 2.75) is 90.6 Å². The number of phenols is 1. The van der Waals surface area contributed by atoms with Crippen molar-refractivity contribution in [2.24, 2.45) is 5.92 Å². The Bertz CT molecular complexity index is 879. The molecule has 0 amide bonds. The lowest BCUT2D eigenvalue weighted by Gasteiger charge is -2.37. The van der Waals surface area contributed by atoms with Crippen LogP contribution in [0.4, 0.5) is 0 Å². The van der Waals surface area contributed by atoms with Gasteiger partial charge in [-0.2, -0.15) is 0 Å². The molecular formula is C28H44O4Si. The highest BCUT2D eigenvalue weighted by molar-refractivity contribution is 6.74. The number of ether oxygens (including phenoxy) is 2. The number of aromatic hydroxyl groups is 1. The van der Waals surface area contributed by atoms with Crippen LogP contribution in [0.2, 0.25) is 18.1 Å². The minimum absolute atomic E-state index is 0.125. The van der Waals surface area contributed by atoms with E-state index in [0.717, 1.165) is 30.6 Å². The highest BCUT2D eigenvalue weighted by Crippen LogP contribution is 2.40. The second kappa shape index (κ2) is 11.0. The first-order chi connectivity index (χ1) is 15.3. The van der Waals surface area contributed by atoms with E-state index in [2.05, 4.69) is 85.0 Å². The van der Waals surface area contributed by atoms with Crippen LogP contribution in [-0.4, -0.2) is 32.2 Å². The smallest absolute Gasteiger partial charge is 0.192 e. The Hall–Kier alpha value is -1.98. The van der Waals surface area contributed by atoms with E-state index < -0.39 is 8.32 Å². The number of fused-ring (bicyclic) bond motifs is 1. The lowest BCUT2D eigenvalue weighted by molar-refractivity contribution is 0.128. The Balaban J connectivity index is 1.81. The normalized spacial score (nSPS) is 20.6. The van der Waals surface area contributed by atoms with Crippen molar-refractivity contribution in [2.75, 3.05) is 7.11 Å². The fourth-order valence-electron chi connectivity index (χ4n) is 3.58. The third-order valence-electron chi connectivity index (χ3n) is 6.74. The van der Waals surface area contributed by atoms with Gasteiger partial charge in [0.2, 0.25) is 0 Å². The summed E-state index contributed by atoms with van der Waals surface area (Å²) >= 11 is 0. The molecule has 184 valence electrons. The second-order valence-electron chi connectivity index (χ2n) is 11.0. The van der Waals surface area contributed by atoms with Crippen molar-refractivity contribution in [3.8, 4) is 17.2 Å². The van der Waals surface area contributed by atoms with E-state index in [0.29, 0.717) is 11.7 Å². The van der Waals surface area contributed by atoms with Crippen molar-refractivity contribution >= 4 is 14.4 Å². The van der Waals surface area contributed by atoms with E-state index in [1.165, 1.54) is 0 Å². The van der Waals surface area contributed by atoms with Crippen LogP contribution in [0.15, 0.2) is 42.5 Å². The molecular weight excluding hydrogens is 428 g/mol. The highest BCUT2D eigenvalue weighted by Gasteiger charge is 2.38. The van der Waals surface area contributed by atoms with Crippen molar-refractivity contribution < 1.29 is 19.0 Å². The van der Waals surface area contributed by atoms with Crippen molar-refractivity contribution in [1.29, 1.82) is 0 Å². The van der Waals surface area contributed by atoms with Gasteiger partial charge >= 0.3 is 0 Å². The second-order valence-corrected chi connectivity index (χ2v) is 15.8. The van der Waals surface area contributed by atoms with E-state index in [9.17, 15) is 5.11 Å². The van der Waals surface area contributed by atoms with E-state index >= 15 is 0 Å². The van der Waals surface area contributed by atoms with Crippen LogP contribution in [0.1, 0.15) is 66.4 Å². The van der Waals surface area contributed by atoms with Crippen molar-refractivity contribution in [3.05, 3.63) is 48.1 Å². The number of allylic oxidation sites excluding steroid dienone is 3. The molecule has 2 rings (SSSR count). The van der Waals surface area contributed by atoms with Gasteiger partial charge in [0.05, 0.1) is 13.2 Å². The average molecular weight is 473 g/mol. The number of methoxy groups -OCH3 is 1. The molecule has 0 fully saturated rings. The predicted octanol–water partition coefficient (Wildman–Crippen LogP) is 7.89. The van der Waals surface area contributed by atoms with Gasteiger partial charge in [-0.1, -0.05) is 58.1 Å². The molecule has 0 radical (unpaired) electrons. The van der Waals surface area contributed by atoms with Crippen molar-refractivity contribution in [3.63, 3.8) is 0 Å². The van der Waals surface area contributed by atoms with E-state index in [-0.39, 0.29) is 22.5 Å². The summed E-state index contributed by atoms with van der Waals surface area (Å²) in [4.78, 5) is 0. The highest BCUT2D eigenvalue weighted by atomic mass is 28.4. The molecule has 4 nitrogen and oxygen atoms in total. The van der Waals surface area contributed by atoms with Gasteiger partial charge in [-0.3, -0.25) is 0 Å². The Kier molecular flexibility index (Phi) is 9.06. The number of hydrogen-bond acceptors (Lipinski definition) is 4. The molecule has 0 aliphatic carbocycles. The SMILES string of the molecule is COc1cc2c(cc1O)C=CC(C)(CC/C=C/C(C)C/C=C/C(C)O[Si](C)(C)C(C)(C)C)O2. The molecule has 0 spiro atoms. The maximum Gasteiger partial charge on any atom is 0.192 e. The van der Waals surface area contributed by atoms with Gasteiger partial charge in [-0.25, -0.2) is 0 Å². The molecule has 1 aromatic rings. The average Bonchev–Trinajstić information content (AvgIpc) is 2.70. The van der Waals surface area contributed by atoms with Crippen LogP contribution in [0.5, 0.6) is 17.2 Å². The zero-order valence-corrected chi connectivity index (χ0v) is 23.1. The molecule has 1 aliphatic heterocycles. The zero-order valence-electron chi connectivity index (χ0n) is 22.1. The van der Waals surface area contributed by atoms with Crippen LogP contribution in [0, 0.1) is 5.92 Å². The third-order valence-corrected chi connectivity index (χ3v) is 11.3. The molecule has 3 unspecified atom stereocenters. The van der Waals surface area contributed by atoms with Gasteiger partial charge in [0.1, 0.15) is 11.4 Å². The summed E-state index contributed by atoms with van der Waals surface area (Å²) in [7, 11) is -0.183.